The molecule has 0 saturated heterocycles. The Hall–Kier alpha value is 2.11. The zero-order valence-corrected chi connectivity index (χ0v) is 17.9. The predicted molar refractivity (Wildman–Crippen MR) is 53.5 cm³/mol. The molecule has 1 atom stereocenters. The first kappa shape index (κ1) is 22.4. The van der Waals surface area contributed by atoms with E-state index in [1.807, 2.05) is 0 Å². The summed E-state index contributed by atoms with van der Waals surface area (Å²) >= 11 is -2.77. The van der Waals surface area contributed by atoms with Crippen LogP contribution >= 0.6 is 0 Å². The molecule has 0 fully saturated rings. The van der Waals surface area contributed by atoms with Gasteiger partial charge in [-0.05, 0) is 18.2 Å². The quantitative estimate of drug-likeness (QED) is 0.328. The van der Waals surface area contributed by atoms with Crippen LogP contribution in [0.4, 0.5) is 5.69 Å². The Morgan fingerprint density at radius 1 is 1.33 bits per heavy atom. The minimum atomic E-state index is -4.58. The first-order valence-corrected chi connectivity index (χ1v) is 6.30. The molecule has 0 amide bonds. The van der Waals surface area contributed by atoms with Crippen molar-refractivity contribution in [1.82, 2.24) is 0 Å². The fourth-order valence-electron chi connectivity index (χ4n) is 1.01. The molecule has 18 heavy (non-hydrogen) atoms. The fraction of sp³-hybridized carbons (Fsp3) is 0.143. The minimum Gasteiger partial charge on any atom is -0.744 e. The van der Waals surface area contributed by atoms with E-state index in [1.165, 1.54) is 7.05 Å². The van der Waals surface area contributed by atoms with Gasteiger partial charge >= 0.3 is 103 Å². The Kier molecular flexibility index (Phi) is 12.4. The smallest absolute Gasteiger partial charge is 0.744 e. The summed E-state index contributed by atoms with van der Waals surface area (Å²) in [6.45, 7) is 0. The average Bonchev–Trinajstić information content (AvgIpc) is 2.15. The zero-order chi connectivity index (χ0) is 12.3. The van der Waals surface area contributed by atoms with Crippen molar-refractivity contribution in [1.29, 1.82) is 0 Å². The van der Waals surface area contributed by atoms with Gasteiger partial charge in [0.1, 0.15) is 21.5 Å². The SMILES string of the molecule is CNc1cc(S(=O)(=O)[O-])ccc1OS(=O)[O-].[K+].[K+]. The topological polar surface area (TPSA) is 119 Å². The monoisotopic (exact) mass is 343 g/mol. The molecule has 0 radical (unpaired) electrons. The summed E-state index contributed by atoms with van der Waals surface area (Å²) in [5.74, 6) is -0.0942. The van der Waals surface area contributed by atoms with Gasteiger partial charge in [-0.3, -0.25) is 0 Å². The molecule has 1 aromatic carbocycles. The Morgan fingerprint density at radius 2 is 1.89 bits per heavy atom. The predicted octanol–water partition coefficient (Wildman–Crippen LogP) is -6.19. The van der Waals surface area contributed by atoms with Crippen LogP contribution in [0, 0.1) is 0 Å². The van der Waals surface area contributed by atoms with Gasteiger partial charge in [-0.2, -0.15) is 0 Å². The average molecular weight is 343 g/mol. The Labute approximate surface area is 193 Å². The molecule has 11 heteroatoms. The third-order valence-electron chi connectivity index (χ3n) is 1.67. The second-order valence-electron chi connectivity index (χ2n) is 2.65. The van der Waals surface area contributed by atoms with Crippen LogP contribution in [0.15, 0.2) is 23.1 Å². The van der Waals surface area contributed by atoms with Gasteiger partial charge in [0.15, 0.2) is 5.75 Å². The van der Waals surface area contributed by atoms with E-state index in [1.54, 1.807) is 0 Å². The number of benzene rings is 1. The number of hydrogen-bond donors (Lipinski definition) is 1. The second kappa shape index (κ2) is 9.94. The number of anilines is 1. The molecule has 0 aliphatic carbocycles. The van der Waals surface area contributed by atoms with Crippen LogP contribution in [-0.4, -0.2) is 28.8 Å². The fourth-order valence-corrected chi connectivity index (χ4v) is 1.79. The minimum absolute atomic E-state index is 0. The van der Waals surface area contributed by atoms with Gasteiger partial charge in [0, 0.05) is 7.05 Å². The van der Waals surface area contributed by atoms with Gasteiger partial charge < -0.3 is 18.6 Å². The molecule has 1 aromatic rings. The van der Waals surface area contributed by atoms with Crippen molar-refractivity contribution in [3.05, 3.63) is 18.2 Å². The van der Waals surface area contributed by atoms with E-state index in [9.17, 15) is 21.7 Å². The molecule has 1 N–H and O–H groups in total. The van der Waals surface area contributed by atoms with Gasteiger partial charge in [0.25, 0.3) is 0 Å². The van der Waals surface area contributed by atoms with E-state index >= 15 is 0 Å². The van der Waals surface area contributed by atoms with Crippen molar-refractivity contribution < 1.29 is 129 Å². The molecule has 0 aromatic heterocycles. The van der Waals surface area contributed by atoms with Crippen molar-refractivity contribution in [3.63, 3.8) is 0 Å². The first-order valence-electron chi connectivity index (χ1n) is 3.90. The molecular weight excluding hydrogens is 336 g/mol. The maximum atomic E-state index is 10.7. The first-order chi connectivity index (χ1) is 7.34. The van der Waals surface area contributed by atoms with Crippen LogP contribution in [0.1, 0.15) is 0 Å². The Balaban J connectivity index is 0. The third-order valence-corrected chi connectivity index (χ3v) is 2.81. The molecule has 0 spiro atoms. The second-order valence-corrected chi connectivity index (χ2v) is 4.60. The largest absolute Gasteiger partial charge is 1.00 e. The molecule has 0 heterocycles. The van der Waals surface area contributed by atoms with Crippen LogP contribution in [0.25, 0.3) is 0 Å². The number of nitrogens with one attached hydrogen (secondary N) is 1. The summed E-state index contributed by atoms with van der Waals surface area (Å²) in [6.07, 6.45) is 0. The van der Waals surface area contributed by atoms with E-state index < -0.39 is 26.4 Å². The van der Waals surface area contributed by atoms with E-state index in [0.29, 0.717) is 0 Å². The van der Waals surface area contributed by atoms with Crippen LogP contribution in [0.3, 0.4) is 0 Å². The summed E-state index contributed by atoms with van der Waals surface area (Å²) in [5.41, 5.74) is 0.0844. The van der Waals surface area contributed by atoms with Crippen LogP contribution in [0.5, 0.6) is 5.75 Å². The van der Waals surface area contributed by atoms with E-state index in [-0.39, 0.29) is 114 Å². The molecule has 0 aliphatic rings. The maximum Gasteiger partial charge on any atom is 1.00 e. The van der Waals surface area contributed by atoms with Crippen molar-refractivity contribution in [2.24, 2.45) is 0 Å². The molecule has 7 nitrogen and oxygen atoms in total. The number of hydrogen-bond acceptors (Lipinski definition) is 7. The molecular formula is C7H7K2NO6S2. The molecule has 0 bridgehead atoms. The van der Waals surface area contributed by atoms with E-state index in [4.69, 9.17) is 0 Å². The van der Waals surface area contributed by atoms with Gasteiger partial charge in [0.05, 0.1) is 10.6 Å². The summed E-state index contributed by atoms with van der Waals surface area (Å²) in [6, 6.07) is 3.03. The summed E-state index contributed by atoms with van der Waals surface area (Å²) in [5, 5.41) is 2.51. The van der Waals surface area contributed by atoms with Crippen molar-refractivity contribution in [3.8, 4) is 5.75 Å². The van der Waals surface area contributed by atoms with Crippen LogP contribution in [0.2, 0.25) is 0 Å². The van der Waals surface area contributed by atoms with Gasteiger partial charge in [0.2, 0.25) is 0 Å². The summed E-state index contributed by atoms with van der Waals surface area (Å²) in [4.78, 5) is -0.471. The third kappa shape index (κ3) is 7.22. The zero-order valence-electron chi connectivity index (χ0n) is 10.00. The van der Waals surface area contributed by atoms with Gasteiger partial charge in [-0.1, -0.05) is 0 Å². The van der Waals surface area contributed by atoms with Crippen molar-refractivity contribution >= 4 is 27.2 Å². The van der Waals surface area contributed by atoms with Gasteiger partial charge in [-0.25, -0.2) is 12.6 Å². The number of rotatable bonds is 4. The molecule has 1 rings (SSSR count). The summed E-state index contributed by atoms with van der Waals surface area (Å²) < 4.78 is 57.0. The van der Waals surface area contributed by atoms with Crippen LogP contribution < -0.4 is 112 Å². The molecule has 0 saturated carbocycles. The van der Waals surface area contributed by atoms with Crippen molar-refractivity contribution in [2.75, 3.05) is 12.4 Å². The Bertz CT molecular complexity index is 521. The standard InChI is InChI=1S/C7H9NO6S2.2K/c1-8-6-4-5(16(11,12)13)2-3-7(6)14-15(9)10;;/h2-4,8H,1H3,(H,9,10)(H,11,12,13);;/q;2*+1/p-2. The normalized spacial score (nSPS) is 11.7. The van der Waals surface area contributed by atoms with Crippen molar-refractivity contribution in [2.45, 2.75) is 4.90 Å². The van der Waals surface area contributed by atoms with Crippen LogP contribution in [-0.2, 0) is 21.5 Å². The molecule has 0 aliphatic heterocycles. The molecule has 1 unspecified atom stereocenters. The summed E-state index contributed by atoms with van der Waals surface area (Å²) in [7, 11) is -3.15. The Morgan fingerprint density at radius 3 is 2.28 bits per heavy atom. The maximum absolute atomic E-state index is 10.7. The molecule has 90 valence electrons. The van der Waals surface area contributed by atoms with E-state index in [0.717, 1.165) is 18.2 Å². The van der Waals surface area contributed by atoms with Gasteiger partial charge in [-0.15, -0.1) is 0 Å². The van der Waals surface area contributed by atoms with E-state index in [2.05, 4.69) is 9.50 Å².